The van der Waals surface area contributed by atoms with Gasteiger partial charge in [0.2, 0.25) is 0 Å². The standard InChI is InChI=1S/C9H17NO4/c1-6-2-3-10(9(13)14)7(4-6)8(12)5-11/h6-8,11-12H,2-5H2,1H3,(H,13,14)/t6-,7-,8?/m1/s1. The minimum absolute atomic E-state index is 0.388. The second-order valence-corrected chi connectivity index (χ2v) is 3.92. The van der Waals surface area contributed by atoms with Gasteiger partial charge in [0.15, 0.2) is 0 Å². The molecule has 1 heterocycles. The van der Waals surface area contributed by atoms with E-state index in [0.717, 1.165) is 6.42 Å². The molecule has 3 N–H and O–H groups in total. The zero-order chi connectivity index (χ0) is 10.7. The summed E-state index contributed by atoms with van der Waals surface area (Å²) < 4.78 is 0. The van der Waals surface area contributed by atoms with Gasteiger partial charge in [-0.2, -0.15) is 0 Å². The highest BCUT2D eigenvalue weighted by atomic mass is 16.4. The molecule has 1 unspecified atom stereocenters. The van der Waals surface area contributed by atoms with Crippen molar-refractivity contribution in [2.24, 2.45) is 5.92 Å². The number of likely N-dealkylation sites (tertiary alicyclic amines) is 1. The summed E-state index contributed by atoms with van der Waals surface area (Å²) >= 11 is 0. The van der Waals surface area contributed by atoms with Crippen molar-refractivity contribution in [3.05, 3.63) is 0 Å². The largest absolute Gasteiger partial charge is 0.465 e. The highest BCUT2D eigenvalue weighted by Gasteiger charge is 2.34. The molecule has 0 aromatic carbocycles. The van der Waals surface area contributed by atoms with Crippen molar-refractivity contribution in [1.82, 2.24) is 4.90 Å². The molecule has 1 aliphatic rings. The minimum Gasteiger partial charge on any atom is -0.465 e. The smallest absolute Gasteiger partial charge is 0.407 e. The molecule has 5 nitrogen and oxygen atoms in total. The Morgan fingerprint density at radius 2 is 2.29 bits per heavy atom. The molecule has 0 spiro atoms. The summed E-state index contributed by atoms with van der Waals surface area (Å²) in [5.74, 6) is 0.400. The molecular formula is C9H17NO4. The fourth-order valence-electron chi connectivity index (χ4n) is 1.91. The van der Waals surface area contributed by atoms with Gasteiger partial charge in [-0.1, -0.05) is 6.92 Å². The maximum atomic E-state index is 10.8. The van der Waals surface area contributed by atoms with Gasteiger partial charge < -0.3 is 20.2 Å². The van der Waals surface area contributed by atoms with Crippen LogP contribution in [0.1, 0.15) is 19.8 Å². The number of nitrogens with zero attached hydrogens (tertiary/aromatic N) is 1. The molecule has 1 amide bonds. The number of hydrogen-bond donors (Lipinski definition) is 3. The maximum Gasteiger partial charge on any atom is 0.407 e. The van der Waals surface area contributed by atoms with Gasteiger partial charge in [0.1, 0.15) is 0 Å². The van der Waals surface area contributed by atoms with Gasteiger partial charge in [0.25, 0.3) is 0 Å². The van der Waals surface area contributed by atoms with E-state index in [0.29, 0.717) is 18.9 Å². The third-order valence-electron chi connectivity index (χ3n) is 2.78. The molecule has 1 fully saturated rings. The van der Waals surface area contributed by atoms with Crippen LogP contribution in [0, 0.1) is 5.92 Å². The topological polar surface area (TPSA) is 81.0 Å². The van der Waals surface area contributed by atoms with Crippen molar-refractivity contribution in [3.8, 4) is 0 Å². The summed E-state index contributed by atoms with van der Waals surface area (Å²) in [6, 6.07) is -0.457. The summed E-state index contributed by atoms with van der Waals surface area (Å²) in [7, 11) is 0. The molecule has 0 radical (unpaired) electrons. The predicted octanol–water partition coefficient (Wildman–Crippen LogP) is 0.118. The van der Waals surface area contributed by atoms with Gasteiger partial charge in [-0.15, -0.1) is 0 Å². The van der Waals surface area contributed by atoms with Crippen LogP contribution in [0.25, 0.3) is 0 Å². The molecule has 0 aromatic rings. The highest BCUT2D eigenvalue weighted by Crippen LogP contribution is 2.24. The number of carboxylic acid groups (broad SMARTS) is 1. The molecule has 1 rings (SSSR count). The number of hydrogen-bond acceptors (Lipinski definition) is 3. The quantitative estimate of drug-likeness (QED) is 0.595. The lowest BCUT2D eigenvalue weighted by Crippen LogP contribution is -2.52. The van der Waals surface area contributed by atoms with Crippen LogP contribution in [0.2, 0.25) is 0 Å². The molecule has 14 heavy (non-hydrogen) atoms. The van der Waals surface area contributed by atoms with Crippen LogP contribution in [0.4, 0.5) is 4.79 Å². The fourth-order valence-corrected chi connectivity index (χ4v) is 1.91. The first kappa shape index (κ1) is 11.3. The average molecular weight is 203 g/mol. The van der Waals surface area contributed by atoms with Crippen LogP contribution >= 0.6 is 0 Å². The Bertz CT molecular complexity index is 209. The van der Waals surface area contributed by atoms with Crippen molar-refractivity contribution in [2.75, 3.05) is 13.2 Å². The summed E-state index contributed by atoms with van der Waals surface area (Å²) in [5.41, 5.74) is 0. The second-order valence-electron chi connectivity index (χ2n) is 3.92. The molecule has 1 saturated heterocycles. The molecule has 0 aromatic heterocycles. The lowest BCUT2D eigenvalue weighted by molar-refractivity contribution is -0.00927. The third-order valence-corrected chi connectivity index (χ3v) is 2.78. The van der Waals surface area contributed by atoms with Crippen LogP contribution < -0.4 is 0 Å². The first-order chi connectivity index (χ1) is 6.56. The van der Waals surface area contributed by atoms with E-state index in [9.17, 15) is 9.90 Å². The van der Waals surface area contributed by atoms with E-state index in [4.69, 9.17) is 10.2 Å². The Labute approximate surface area is 83.0 Å². The Morgan fingerprint density at radius 1 is 1.64 bits per heavy atom. The first-order valence-electron chi connectivity index (χ1n) is 4.84. The molecule has 1 aliphatic heterocycles. The molecule has 82 valence electrons. The number of amides is 1. The highest BCUT2D eigenvalue weighted by molar-refractivity contribution is 5.65. The number of aliphatic hydroxyl groups excluding tert-OH is 2. The SMILES string of the molecule is C[C@@H]1CCN(C(=O)O)[C@@H](C(O)CO)C1. The summed E-state index contributed by atoms with van der Waals surface area (Å²) in [4.78, 5) is 12.0. The van der Waals surface area contributed by atoms with Crippen molar-refractivity contribution in [1.29, 1.82) is 0 Å². The van der Waals surface area contributed by atoms with Gasteiger partial charge in [-0.25, -0.2) is 4.79 Å². The van der Waals surface area contributed by atoms with Gasteiger partial charge in [0, 0.05) is 6.54 Å². The Balaban J connectivity index is 2.68. The summed E-state index contributed by atoms with van der Waals surface area (Å²) in [6.07, 6.45) is -0.544. The van der Waals surface area contributed by atoms with Gasteiger partial charge in [-0.3, -0.25) is 0 Å². The Morgan fingerprint density at radius 3 is 2.79 bits per heavy atom. The second kappa shape index (κ2) is 4.61. The van der Waals surface area contributed by atoms with E-state index in [1.807, 2.05) is 6.92 Å². The number of aliphatic hydroxyl groups is 2. The number of rotatable bonds is 2. The van der Waals surface area contributed by atoms with Crippen molar-refractivity contribution in [2.45, 2.75) is 31.9 Å². The third kappa shape index (κ3) is 2.36. The molecule has 5 heteroatoms. The first-order valence-corrected chi connectivity index (χ1v) is 4.84. The fraction of sp³-hybridized carbons (Fsp3) is 0.889. The van der Waals surface area contributed by atoms with Crippen LogP contribution in [0.5, 0.6) is 0 Å². The molecule has 0 aliphatic carbocycles. The van der Waals surface area contributed by atoms with Gasteiger partial charge >= 0.3 is 6.09 Å². The van der Waals surface area contributed by atoms with Crippen LogP contribution in [-0.4, -0.2) is 51.6 Å². The summed E-state index contributed by atoms with van der Waals surface area (Å²) in [5, 5.41) is 27.1. The van der Waals surface area contributed by atoms with Crippen LogP contribution in [-0.2, 0) is 0 Å². The predicted molar refractivity (Wildman–Crippen MR) is 50.0 cm³/mol. The summed E-state index contributed by atoms with van der Waals surface area (Å²) in [6.45, 7) is 2.08. The van der Waals surface area contributed by atoms with E-state index in [1.54, 1.807) is 0 Å². The van der Waals surface area contributed by atoms with Crippen LogP contribution in [0.3, 0.4) is 0 Å². The monoisotopic (exact) mass is 203 g/mol. The minimum atomic E-state index is -1.02. The lowest BCUT2D eigenvalue weighted by atomic mass is 9.90. The number of piperidine rings is 1. The van der Waals surface area contributed by atoms with E-state index in [-0.39, 0.29) is 6.61 Å². The van der Waals surface area contributed by atoms with E-state index >= 15 is 0 Å². The van der Waals surface area contributed by atoms with Crippen molar-refractivity contribution in [3.63, 3.8) is 0 Å². The van der Waals surface area contributed by atoms with Crippen molar-refractivity contribution < 1.29 is 20.1 Å². The van der Waals surface area contributed by atoms with Crippen LogP contribution in [0.15, 0.2) is 0 Å². The van der Waals surface area contributed by atoms with E-state index in [1.165, 1.54) is 4.90 Å². The number of carbonyl (C=O) groups is 1. The van der Waals surface area contributed by atoms with E-state index in [2.05, 4.69) is 0 Å². The normalized spacial score (nSPS) is 30.1. The Kier molecular flexibility index (Phi) is 3.71. The molecule has 0 saturated carbocycles. The lowest BCUT2D eigenvalue weighted by Gasteiger charge is -2.38. The average Bonchev–Trinajstić information content (AvgIpc) is 2.16. The van der Waals surface area contributed by atoms with Gasteiger partial charge in [0.05, 0.1) is 18.8 Å². The molecule has 3 atom stereocenters. The van der Waals surface area contributed by atoms with E-state index < -0.39 is 18.2 Å². The molecular weight excluding hydrogens is 186 g/mol. The maximum absolute atomic E-state index is 10.8. The molecule has 0 bridgehead atoms. The Hall–Kier alpha value is -0.810. The zero-order valence-electron chi connectivity index (χ0n) is 8.26. The van der Waals surface area contributed by atoms with Gasteiger partial charge in [-0.05, 0) is 18.8 Å². The zero-order valence-corrected chi connectivity index (χ0v) is 8.26. The van der Waals surface area contributed by atoms with Crippen molar-refractivity contribution >= 4 is 6.09 Å².